The van der Waals surface area contributed by atoms with Crippen LogP contribution in [0.4, 0.5) is 0 Å². The number of carbonyl (C=O) groups excluding carboxylic acids is 1. The molecule has 5 heteroatoms. The third kappa shape index (κ3) is 3.73. The van der Waals surface area contributed by atoms with E-state index in [-0.39, 0.29) is 23.0 Å². The highest BCUT2D eigenvalue weighted by Gasteiger charge is 2.14. The number of amides is 1. The predicted molar refractivity (Wildman–Crippen MR) is 79.9 cm³/mol. The van der Waals surface area contributed by atoms with Gasteiger partial charge in [0.05, 0.1) is 0 Å². The predicted octanol–water partition coefficient (Wildman–Crippen LogP) is 1.83. The van der Waals surface area contributed by atoms with Gasteiger partial charge in [-0.25, -0.2) is 0 Å². The summed E-state index contributed by atoms with van der Waals surface area (Å²) in [5, 5.41) is 18.9. The molecule has 2 aromatic carbocycles. The van der Waals surface area contributed by atoms with Crippen LogP contribution < -0.4 is 5.73 Å². The SMILES string of the molecule is CN(Cc1ccc(CN)cc1)C(=O)c1cc(O)cc(O)c1. The molecule has 2 aromatic rings. The fourth-order valence-electron chi connectivity index (χ4n) is 2.07. The Morgan fingerprint density at radius 2 is 1.57 bits per heavy atom. The van der Waals surface area contributed by atoms with Crippen molar-refractivity contribution in [2.75, 3.05) is 7.05 Å². The van der Waals surface area contributed by atoms with Gasteiger partial charge in [0.2, 0.25) is 0 Å². The molecule has 5 nitrogen and oxygen atoms in total. The second-order valence-corrected chi connectivity index (χ2v) is 4.92. The van der Waals surface area contributed by atoms with Crippen molar-refractivity contribution in [2.45, 2.75) is 13.1 Å². The fourth-order valence-corrected chi connectivity index (χ4v) is 2.07. The zero-order valence-electron chi connectivity index (χ0n) is 11.8. The van der Waals surface area contributed by atoms with Crippen LogP contribution in [0.3, 0.4) is 0 Å². The number of nitrogens with two attached hydrogens (primary N) is 1. The van der Waals surface area contributed by atoms with Crippen LogP contribution in [0.25, 0.3) is 0 Å². The van der Waals surface area contributed by atoms with Gasteiger partial charge in [0.25, 0.3) is 5.91 Å². The third-order valence-electron chi connectivity index (χ3n) is 3.17. The second kappa shape index (κ2) is 6.28. The number of nitrogens with zero attached hydrogens (tertiary/aromatic N) is 1. The zero-order chi connectivity index (χ0) is 15.4. The van der Waals surface area contributed by atoms with Crippen LogP contribution in [0.15, 0.2) is 42.5 Å². The number of benzene rings is 2. The fraction of sp³-hybridized carbons (Fsp3) is 0.188. The number of phenolic OH excluding ortho intramolecular Hbond substituents is 2. The Balaban J connectivity index is 2.11. The van der Waals surface area contributed by atoms with Crippen LogP contribution >= 0.6 is 0 Å². The van der Waals surface area contributed by atoms with Crippen LogP contribution in [-0.2, 0) is 13.1 Å². The first-order valence-electron chi connectivity index (χ1n) is 6.56. The van der Waals surface area contributed by atoms with Crippen LogP contribution in [0.5, 0.6) is 11.5 Å². The maximum atomic E-state index is 12.3. The molecule has 0 saturated carbocycles. The van der Waals surface area contributed by atoms with Crippen molar-refractivity contribution >= 4 is 5.91 Å². The van der Waals surface area contributed by atoms with E-state index >= 15 is 0 Å². The first kappa shape index (κ1) is 14.9. The standard InChI is InChI=1S/C16H18N2O3/c1-18(10-12-4-2-11(9-17)3-5-12)16(21)13-6-14(19)8-15(20)7-13/h2-8,19-20H,9-10,17H2,1H3. The third-order valence-corrected chi connectivity index (χ3v) is 3.17. The summed E-state index contributed by atoms with van der Waals surface area (Å²) < 4.78 is 0. The minimum absolute atomic E-state index is 0.140. The Morgan fingerprint density at radius 3 is 2.10 bits per heavy atom. The van der Waals surface area contributed by atoms with Crippen molar-refractivity contribution in [1.82, 2.24) is 4.90 Å². The Hall–Kier alpha value is -2.53. The lowest BCUT2D eigenvalue weighted by Crippen LogP contribution is -2.26. The number of aromatic hydroxyl groups is 2. The monoisotopic (exact) mass is 286 g/mol. The molecule has 110 valence electrons. The first-order chi connectivity index (χ1) is 9.99. The summed E-state index contributed by atoms with van der Waals surface area (Å²) in [5.41, 5.74) is 7.80. The number of hydrogen-bond acceptors (Lipinski definition) is 4. The topological polar surface area (TPSA) is 86.8 Å². The van der Waals surface area contributed by atoms with Crippen LogP contribution in [0.2, 0.25) is 0 Å². The minimum Gasteiger partial charge on any atom is -0.508 e. The summed E-state index contributed by atoms with van der Waals surface area (Å²) in [6.45, 7) is 0.914. The molecule has 21 heavy (non-hydrogen) atoms. The van der Waals surface area contributed by atoms with Gasteiger partial charge in [-0.05, 0) is 23.3 Å². The van der Waals surface area contributed by atoms with Crippen molar-refractivity contribution in [3.63, 3.8) is 0 Å². The molecule has 0 fully saturated rings. The van der Waals surface area contributed by atoms with Crippen LogP contribution in [0, 0.1) is 0 Å². The highest BCUT2D eigenvalue weighted by molar-refractivity contribution is 5.94. The molecule has 0 aliphatic rings. The molecule has 0 radical (unpaired) electrons. The van der Waals surface area contributed by atoms with Gasteiger partial charge < -0.3 is 20.8 Å². The van der Waals surface area contributed by atoms with Crippen LogP contribution in [0.1, 0.15) is 21.5 Å². The highest BCUT2D eigenvalue weighted by Crippen LogP contribution is 2.21. The van der Waals surface area contributed by atoms with Crippen molar-refractivity contribution in [3.8, 4) is 11.5 Å². The molecule has 2 rings (SSSR count). The number of hydrogen-bond donors (Lipinski definition) is 3. The Morgan fingerprint density at radius 1 is 1.05 bits per heavy atom. The van der Waals surface area contributed by atoms with E-state index in [1.54, 1.807) is 7.05 Å². The summed E-state index contributed by atoms with van der Waals surface area (Å²) in [6.07, 6.45) is 0. The first-order valence-corrected chi connectivity index (χ1v) is 6.56. The van der Waals surface area contributed by atoms with Gasteiger partial charge in [-0.15, -0.1) is 0 Å². The maximum absolute atomic E-state index is 12.3. The Labute approximate surface area is 123 Å². The lowest BCUT2D eigenvalue weighted by molar-refractivity contribution is 0.0784. The Kier molecular flexibility index (Phi) is 4.45. The van der Waals surface area contributed by atoms with Crippen molar-refractivity contribution in [1.29, 1.82) is 0 Å². The molecule has 0 spiro atoms. The molecule has 0 aromatic heterocycles. The summed E-state index contributed by atoms with van der Waals surface area (Å²) >= 11 is 0. The van der Waals surface area contributed by atoms with E-state index in [9.17, 15) is 15.0 Å². The van der Waals surface area contributed by atoms with E-state index in [0.717, 1.165) is 11.1 Å². The summed E-state index contributed by atoms with van der Waals surface area (Å²) in [5.74, 6) is -0.554. The van der Waals surface area contributed by atoms with Gasteiger partial charge in [0.15, 0.2) is 0 Å². The van der Waals surface area contributed by atoms with Gasteiger partial charge in [0.1, 0.15) is 11.5 Å². The average molecular weight is 286 g/mol. The van der Waals surface area contributed by atoms with Gasteiger partial charge in [-0.3, -0.25) is 4.79 Å². The van der Waals surface area contributed by atoms with Crippen molar-refractivity contribution < 1.29 is 15.0 Å². The molecular weight excluding hydrogens is 268 g/mol. The zero-order valence-corrected chi connectivity index (χ0v) is 11.8. The molecular formula is C16H18N2O3. The highest BCUT2D eigenvalue weighted by atomic mass is 16.3. The van der Waals surface area contributed by atoms with E-state index in [4.69, 9.17) is 5.73 Å². The lowest BCUT2D eigenvalue weighted by atomic mass is 10.1. The molecule has 4 N–H and O–H groups in total. The molecule has 0 saturated heterocycles. The quantitative estimate of drug-likeness (QED) is 0.800. The van der Waals surface area contributed by atoms with E-state index in [1.807, 2.05) is 24.3 Å². The summed E-state index contributed by atoms with van der Waals surface area (Å²) in [4.78, 5) is 13.8. The smallest absolute Gasteiger partial charge is 0.254 e. The van der Waals surface area contributed by atoms with E-state index < -0.39 is 0 Å². The lowest BCUT2D eigenvalue weighted by Gasteiger charge is -2.18. The molecule has 0 bridgehead atoms. The van der Waals surface area contributed by atoms with Gasteiger partial charge in [-0.1, -0.05) is 24.3 Å². The van der Waals surface area contributed by atoms with Gasteiger partial charge in [-0.2, -0.15) is 0 Å². The second-order valence-electron chi connectivity index (χ2n) is 4.92. The summed E-state index contributed by atoms with van der Waals surface area (Å²) in [7, 11) is 1.67. The molecule has 0 aliphatic heterocycles. The maximum Gasteiger partial charge on any atom is 0.254 e. The molecule has 1 amide bonds. The molecule has 0 unspecified atom stereocenters. The van der Waals surface area contributed by atoms with E-state index in [2.05, 4.69) is 0 Å². The van der Waals surface area contributed by atoms with Gasteiger partial charge >= 0.3 is 0 Å². The van der Waals surface area contributed by atoms with E-state index in [1.165, 1.54) is 23.1 Å². The summed E-state index contributed by atoms with van der Waals surface area (Å²) in [6, 6.07) is 11.5. The van der Waals surface area contributed by atoms with E-state index in [0.29, 0.717) is 13.1 Å². The van der Waals surface area contributed by atoms with Gasteiger partial charge in [0, 0.05) is 31.8 Å². The Bertz CT molecular complexity index is 618. The minimum atomic E-state index is -0.274. The average Bonchev–Trinajstić information content (AvgIpc) is 2.46. The molecule has 0 aliphatic carbocycles. The number of phenols is 2. The van der Waals surface area contributed by atoms with Crippen molar-refractivity contribution in [3.05, 3.63) is 59.2 Å². The number of rotatable bonds is 4. The number of carbonyl (C=O) groups is 1. The van der Waals surface area contributed by atoms with Crippen molar-refractivity contribution in [2.24, 2.45) is 5.73 Å². The largest absolute Gasteiger partial charge is 0.508 e. The normalized spacial score (nSPS) is 10.4. The van der Waals surface area contributed by atoms with Crippen LogP contribution in [-0.4, -0.2) is 28.1 Å². The molecule has 0 atom stereocenters. The molecule has 0 heterocycles.